The van der Waals surface area contributed by atoms with Gasteiger partial charge in [-0.2, -0.15) is 0 Å². The van der Waals surface area contributed by atoms with Gasteiger partial charge in [-0.15, -0.1) is 0 Å². The minimum absolute atomic E-state index is 0.427. The third-order valence-corrected chi connectivity index (χ3v) is 2.78. The topological polar surface area (TPSA) is 151 Å². The molecule has 0 amide bonds. The number of rotatable bonds is 4. The lowest BCUT2D eigenvalue weighted by molar-refractivity contribution is -0.330. The number of aliphatic hydroxyl groups is 7. The fourth-order valence-corrected chi connectivity index (χ4v) is 1.74. The van der Waals surface area contributed by atoms with Crippen LogP contribution in [0.25, 0.3) is 0 Å². The number of hydrogen-bond donors (Lipinski definition) is 7. The second-order valence-electron chi connectivity index (χ2n) is 4.19. The first kappa shape index (κ1) is 14.7. The van der Waals surface area contributed by atoms with Crippen LogP contribution < -0.4 is 0 Å². The first-order valence-corrected chi connectivity index (χ1v) is 5.19. The van der Waals surface area contributed by atoms with E-state index in [1.54, 1.807) is 0 Å². The van der Waals surface area contributed by atoms with Crippen molar-refractivity contribution in [3.63, 3.8) is 0 Å². The lowest BCUT2D eigenvalue weighted by Gasteiger charge is -2.43. The molecule has 1 aliphatic rings. The van der Waals surface area contributed by atoms with Gasteiger partial charge in [-0.1, -0.05) is 0 Å². The summed E-state index contributed by atoms with van der Waals surface area (Å²) in [4.78, 5) is 0. The molecule has 8 heteroatoms. The van der Waals surface area contributed by atoms with Crippen molar-refractivity contribution in [3.05, 3.63) is 0 Å². The van der Waals surface area contributed by atoms with Crippen molar-refractivity contribution in [2.45, 2.75) is 42.7 Å². The van der Waals surface area contributed by atoms with Crippen LogP contribution in [0, 0.1) is 0 Å². The average molecular weight is 254 g/mol. The number of aliphatic hydroxyl groups excluding tert-OH is 6. The highest BCUT2D eigenvalue weighted by atomic mass is 16.7. The molecule has 1 unspecified atom stereocenters. The fourth-order valence-electron chi connectivity index (χ4n) is 1.74. The molecule has 0 spiro atoms. The second kappa shape index (κ2) is 5.55. The van der Waals surface area contributed by atoms with Crippen molar-refractivity contribution < 1.29 is 40.5 Å². The van der Waals surface area contributed by atoms with E-state index in [1.165, 1.54) is 0 Å². The summed E-state index contributed by atoms with van der Waals surface area (Å²) in [5.74, 6) is -2.10. The molecule has 0 bridgehead atoms. The second-order valence-corrected chi connectivity index (χ2v) is 4.19. The molecule has 7 N–H and O–H groups in total. The van der Waals surface area contributed by atoms with Crippen LogP contribution in [-0.4, -0.2) is 85.3 Å². The Balaban J connectivity index is 2.81. The van der Waals surface area contributed by atoms with Crippen molar-refractivity contribution in [3.8, 4) is 0 Å². The van der Waals surface area contributed by atoms with E-state index in [0.717, 1.165) is 0 Å². The van der Waals surface area contributed by atoms with Crippen LogP contribution in [0.15, 0.2) is 0 Å². The van der Waals surface area contributed by atoms with E-state index in [-0.39, 0.29) is 0 Å². The minimum atomic E-state index is -2.10. The Morgan fingerprint density at radius 3 is 2.29 bits per heavy atom. The smallest absolute Gasteiger partial charge is 0.192 e. The van der Waals surface area contributed by atoms with Gasteiger partial charge >= 0.3 is 0 Å². The first-order valence-electron chi connectivity index (χ1n) is 5.19. The summed E-state index contributed by atoms with van der Waals surface area (Å²) in [6.07, 6.45) is -8.21. The normalized spacial score (nSPS) is 42.2. The van der Waals surface area contributed by atoms with Gasteiger partial charge in [0.2, 0.25) is 0 Å². The standard InChI is InChI=1S/C9H18O8/c10-2-5(13)7(15)8-6(14)4(12)1-9(16,3-11)17-8/h4-8,10-16H,1-3H2/t4-,5+,6+,7-,8+,9?/m0/s1. The van der Waals surface area contributed by atoms with Crippen LogP contribution in [0.3, 0.4) is 0 Å². The van der Waals surface area contributed by atoms with Crippen molar-refractivity contribution in [1.29, 1.82) is 0 Å². The molecule has 1 fully saturated rings. The fraction of sp³-hybridized carbons (Fsp3) is 1.00. The van der Waals surface area contributed by atoms with Gasteiger partial charge in [-0.05, 0) is 0 Å². The van der Waals surface area contributed by atoms with Crippen LogP contribution in [-0.2, 0) is 4.74 Å². The molecular formula is C9H18O8. The zero-order chi connectivity index (χ0) is 13.2. The molecule has 1 saturated heterocycles. The summed E-state index contributed by atoms with van der Waals surface area (Å²) in [6.45, 7) is -1.61. The Bertz CT molecular complexity index is 249. The molecule has 0 aromatic carbocycles. The number of hydrogen-bond acceptors (Lipinski definition) is 8. The summed E-state index contributed by atoms with van der Waals surface area (Å²) in [7, 11) is 0. The summed E-state index contributed by atoms with van der Waals surface area (Å²) in [6, 6.07) is 0. The summed E-state index contributed by atoms with van der Waals surface area (Å²) in [5.41, 5.74) is 0. The Labute approximate surface area is 97.3 Å². The van der Waals surface area contributed by atoms with Gasteiger partial charge in [0.15, 0.2) is 5.79 Å². The van der Waals surface area contributed by atoms with Crippen molar-refractivity contribution in [2.24, 2.45) is 0 Å². The molecule has 0 aliphatic carbocycles. The van der Waals surface area contributed by atoms with Crippen LogP contribution in [0.5, 0.6) is 0 Å². The molecule has 102 valence electrons. The molecule has 8 nitrogen and oxygen atoms in total. The maximum absolute atomic E-state index is 9.64. The third-order valence-electron chi connectivity index (χ3n) is 2.78. The molecule has 1 rings (SSSR count). The van der Waals surface area contributed by atoms with Crippen LogP contribution in [0.1, 0.15) is 6.42 Å². The molecule has 0 saturated carbocycles. The van der Waals surface area contributed by atoms with E-state index in [4.69, 9.17) is 14.9 Å². The summed E-state index contributed by atoms with van der Waals surface area (Å²) >= 11 is 0. The predicted octanol–water partition coefficient (Wildman–Crippen LogP) is -4.11. The largest absolute Gasteiger partial charge is 0.394 e. The Morgan fingerprint density at radius 1 is 1.24 bits per heavy atom. The molecular weight excluding hydrogens is 236 g/mol. The van der Waals surface area contributed by atoms with Gasteiger partial charge in [-0.25, -0.2) is 0 Å². The quantitative estimate of drug-likeness (QED) is 0.267. The van der Waals surface area contributed by atoms with Gasteiger partial charge in [0, 0.05) is 6.42 Å². The van der Waals surface area contributed by atoms with Crippen LogP contribution in [0.4, 0.5) is 0 Å². The molecule has 0 aromatic heterocycles. The van der Waals surface area contributed by atoms with E-state index in [9.17, 15) is 25.5 Å². The Kier molecular flexibility index (Phi) is 4.81. The third kappa shape index (κ3) is 3.12. The van der Waals surface area contributed by atoms with E-state index >= 15 is 0 Å². The summed E-state index contributed by atoms with van der Waals surface area (Å²) < 4.78 is 4.86. The van der Waals surface area contributed by atoms with Gasteiger partial charge < -0.3 is 40.5 Å². The maximum atomic E-state index is 9.64. The molecule has 0 aromatic rings. The lowest BCUT2D eigenvalue weighted by atomic mass is 9.91. The summed E-state index contributed by atoms with van der Waals surface area (Å²) in [5, 5.41) is 65.0. The van der Waals surface area contributed by atoms with E-state index in [1.807, 2.05) is 0 Å². The van der Waals surface area contributed by atoms with Gasteiger partial charge in [0.05, 0.1) is 19.3 Å². The monoisotopic (exact) mass is 254 g/mol. The SMILES string of the molecule is OC[C@@H](O)[C@H](O)[C@@H]1OC(O)(CO)C[C@H](O)[C@H]1O. The first-order chi connectivity index (χ1) is 7.84. The zero-order valence-electron chi connectivity index (χ0n) is 9.05. The highest BCUT2D eigenvalue weighted by molar-refractivity contribution is 4.93. The Morgan fingerprint density at radius 2 is 1.82 bits per heavy atom. The predicted molar refractivity (Wildman–Crippen MR) is 52.6 cm³/mol. The Hall–Kier alpha value is -0.320. The van der Waals surface area contributed by atoms with Gasteiger partial charge in [-0.3, -0.25) is 0 Å². The number of ether oxygens (including phenoxy) is 1. The van der Waals surface area contributed by atoms with Crippen LogP contribution >= 0.6 is 0 Å². The molecule has 6 atom stereocenters. The van der Waals surface area contributed by atoms with Crippen molar-refractivity contribution in [2.75, 3.05) is 13.2 Å². The van der Waals surface area contributed by atoms with Crippen LogP contribution in [0.2, 0.25) is 0 Å². The van der Waals surface area contributed by atoms with Gasteiger partial charge in [0.25, 0.3) is 0 Å². The molecule has 1 aliphatic heterocycles. The molecule has 1 heterocycles. The van der Waals surface area contributed by atoms with E-state index in [2.05, 4.69) is 0 Å². The average Bonchev–Trinajstić information content (AvgIpc) is 2.32. The highest BCUT2D eigenvalue weighted by Crippen LogP contribution is 2.29. The zero-order valence-corrected chi connectivity index (χ0v) is 9.05. The van der Waals surface area contributed by atoms with Gasteiger partial charge in [0.1, 0.15) is 24.4 Å². The van der Waals surface area contributed by atoms with Crippen molar-refractivity contribution in [1.82, 2.24) is 0 Å². The molecule has 0 radical (unpaired) electrons. The highest BCUT2D eigenvalue weighted by Gasteiger charge is 2.48. The van der Waals surface area contributed by atoms with E-state index < -0.39 is 55.9 Å². The maximum Gasteiger partial charge on any atom is 0.192 e. The van der Waals surface area contributed by atoms with Crippen molar-refractivity contribution >= 4 is 0 Å². The van der Waals surface area contributed by atoms with E-state index in [0.29, 0.717) is 0 Å². The minimum Gasteiger partial charge on any atom is -0.394 e. The lowest BCUT2D eigenvalue weighted by Crippen LogP contribution is -2.61. The molecule has 17 heavy (non-hydrogen) atoms.